The fourth-order valence-electron chi connectivity index (χ4n) is 2.21. The van der Waals surface area contributed by atoms with Crippen LogP contribution in [0.4, 0.5) is 0 Å². The predicted molar refractivity (Wildman–Crippen MR) is 75.9 cm³/mol. The molecule has 0 unspecified atom stereocenters. The number of methoxy groups -OCH3 is 1. The van der Waals surface area contributed by atoms with Crippen molar-refractivity contribution in [1.29, 1.82) is 0 Å². The second kappa shape index (κ2) is 5.47. The fraction of sp³-hybridized carbons (Fsp3) is 0.333. The van der Waals surface area contributed by atoms with E-state index in [-0.39, 0.29) is 34.1 Å². The van der Waals surface area contributed by atoms with Crippen molar-refractivity contribution in [2.75, 3.05) is 7.11 Å². The lowest BCUT2D eigenvalue weighted by atomic mass is 9.97. The zero-order valence-electron chi connectivity index (χ0n) is 12.0. The van der Waals surface area contributed by atoms with Gasteiger partial charge in [-0.3, -0.25) is 9.59 Å². The molecule has 0 saturated heterocycles. The van der Waals surface area contributed by atoms with Gasteiger partial charge in [-0.25, -0.2) is 0 Å². The van der Waals surface area contributed by atoms with Crippen LogP contribution >= 0.6 is 0 Å². The summed E-state index contributed by atoms with van der Waals surface area (Å²) in [6.45, 7) is 3.15. The first kappa shape index (κ1) is 14.9. The summed E-state index contributed by atoms with van der Waals surface area (Å²) in [5, 5.41) is 19.4. The number of hydrogen-bond acceptors (Lipinski definition) is 5. The van der Waals surface area contributed by atoms with Crippen molar-refractivity contribution in [3.8, 4) is 11.5 Å². The van der Waals surface area contributed by atoms with Crippen LogP contribution in [0.5, 0.6) is 11.5 Å². The number of carboxylic acid groups (broad SMARTS) is 1. The Morgan fingerprint density at radius 2 is 2.10 bits per heavy atom. The van der Waals surface area contributed by atoms with Crippen LogP contribution in [0.2, 0.25) is 0 Å². The zero-order chi connectivity index (χ0) is 15.7. The van der Waals surface area contributed by atoms with Crippen LogP contribution in [-0.2, 0) is 11.2 Å². The molecular formula is C15H16O6. The van der Waals surface area contributed by atoms with Gasteiger partial charge in [0.1, 0.15) is 28.2 Å². The van der Waals surface area contributed by atoms with E-state index in [1.165, 1.54) is 26.2 Å². The predicted octanol–water partition coefficient (Wildman–Crippen LogP) is 2.08. The van der Waals surface area contributed by atoms with Gasteiger partial charge >= 0.3 is 5.97 Å². The summed E-state index contributed by atoms with van der Waals surface area (Å²) in [4.78, 5) is 23.0. The third-order valence-corrected chi connectivity index (χ3v) is 3.33. The molecule has 0 bridgehead atoms. The molecule has 0 saturated carbocycles. The SMILES string of the molecule is COc1cc2oc(C)cc(=O)c2c(O)c1C[C@@H](C)C(=O)O. The quantitative estimate of drug-likeness (QED) is 0.895. The summed E-state index contributed by atoms with van der Waals surface area (Å²) in [5.41, 5.74) is 0.121. The molecule has 112 valence electrons. The normalized spacial score (nSPS) is 12.3. The number of phenols is 1. The highest BCUT2D eigenvalue weighted by Crippen LogP contribution is 2.36. The Hall–Kier alpha value is -2.50. The first-order valence-electron chi connectivity index (χ1n) is 6.41. The summed E-state index contributed by atoms with van der Waals surface area (Å²) in [7, 11) is 1.41. The van der Waals surface area contributed by atoms with Gasteiger partial charge in [0, 0.05) is 17.7 Å². The Kier molecular flexibility index (Phi) is 3.88. The molecule has 2 aromatic rings. The lowest BCUT2D eigenvalue weighted by molar-refractivity contribution is -0.141. The molecule has 0 aliphatic heterocycles. The van der Waals surface area contributed by atoms with E-state index in [0.29, 0.717) is 11.5 Å². The molecule has 2 rings (SSSR count). The monoisotopic (exact) mass is 292 g/mol. The summed E-state index contributed by atoms with van der Waals surface area (Å²) in [6, 6.07) is 2.77. The van der Waals surface area contributed by atoms with Crippen LogP contribution in [0.25, 0.3) is 11.0 Å². The molecule has 1 heterocycles. The van der Waals surface area contributed by atoms with Gasteiger partial charge in [0.2, 0.25) is 0 Å². The van der Waals surface area contributed by atoms with Crippen LogP contribution in [0.15, 0.2) is 21.3 Å². The third-order valence-electron chi connectivity index (χ3n) is 3.33. The number of hydrogen-bond donors (Lipinski definition) is 2. The van der Waals surface area contributed by atoms with Crippen molar-refractivity contribution < 1.29 is 24.2 Å². The number of carboxylic acids is 1. The summed E-state index contributed by atoms with van der Waals surface area (Å²) >= 11 is 0. The largest absolute Gasteiger partial charge is 0.507 e. The van der Waals surface area contributed by atoms with E-state index in [0.717, 1.165) is 0 Å². The molecule has 0 fully saturated rings. The van der Waals surface area contributed by atoms with Crippen molar-refractivity contribution in [3.05, 3.63) is 33.7 Å². The Labute approximate surface area is 120 Å². The smallest absolute Gasteiger partial charge is 0.306 e. The van der Waals surface area contributed by atoms with E-state index in [2.05, 4.69) is 0 Å². The van der Waals surface area contributed by atoms with Crippen molar-refractivity contribution in [1.82, 2.24) is 0 Å². The first-order valence-corrected chi connectivity index (χ1v) is 6.41. The average molecular weight is 292 g/mol. The summed E-state index contributed by atoms with van der Waals surface area (Å²) < 4.78 is 10.6. The van der Waals surface area contributed by atoms with Crippen molar-refractivity contribution >= 4 is 16.9 Å². The number of ether oxygens (including phenoxy) is 1. The number of phenolic OH excluding ortho intramolecular Hbond substituents is 1. The first-order chi connectivity index (χ1) is 9.85. The maximum absolute atomic E-state index is 12.0. The molecule has 0 spiro atoms. The van der Waals surface area contributed by atoms with Crippen molar-refractivity contribution in [2.45, 2.75) is 20.3 Å². The zero-order valence-corrected chi connectivity index (χ0v) is 12.0. The van der Waals surface area contributed by atoms with E-state index < -0.39 is 11.9 Å². The molecule has 1 aromatic heterocycles. The highest BCUT2D eigenvalue weighted by Gasteiger charge is 2.22. The second-order valence-corrected chi connectivity index (χ2v) is 4.94. The van der Waals surface area contributed by atoms with E-state index >= 15 is 0 Å². The van der Waals surface area contributed by atoms with Gasteiger partial charge in [-0.2, -0.15) is 0 Å². The lowest BCUT2D eigenvalue weighted by Gasteiger charge is -2.14. The number of aromatic hydroxyl groups is 1. The molecule has 21 heavy (non-hydrogen) atoms. The van der Waals surface area contributed by atoms with E-state index in [4.69, 9.17) is 14.3 Å². The minimum absolute atomic E-state index is 0.0361. The van der Waals surface area contributed by atoms with Crippen LogP contribution in [0.3, 0.4) is 0 Å². The molecule has 0 aliphatic rings. The Bertz CT molecular complexity index is 759. The standard InChI is InChI=1S/C15H16O6/c1-7(15(18)19)4-9-11(20-3)6-12-13(14(9)17)10(16)5-8(2)21-12/h5-7,17H,4H2,1-3H3,(H,18,19)/t7-/m1/s1. The van der Waals surface area contributed by atoms with E-state index in [1.54, 1.807) is 6.92 Å². The number of benzene rings is 1. The Morgan fingerprint density at radius 1 is 1.43 bits per heavy atom. The minimum atomic E-state index is -0.993. The van der Waals surface area contributed by atoms with E-state index in [9.17, 15) is 14.7 Å². The number of aryl methyl sites for hydroxylation is 1. The topological polar surface area (TPSA) is 97.0 Å². The van der Waals surface area contributed by atoms with Gasteiger partial charge in [-0.1, -0.05) is 6.92 Å². The van der Waals surface area contributed by atoms with Crippen molar-refractivity contribution in [3.63, 3.8) is 0 Å². The maximum atomic E-state index is 12.0. The molecule has 2 N–H and O–H groups in total. The number of carbonyl (C=O) groups is 1. The molecule has 0 aliphatic carbocycles. The van der Waals surface area contributed by atoms with Gasteiger partial charge in [0.15, 0.2) is 5.43 Å². The highest BCUT2D eigenvalue weighted by molar-refractivity contribution is 5.87. The average Bonchev–Trinajstić information content (AvgIpc) is 2.40. The van der Waals surface area contributed by atoms with Crippen LogP contribution in [-0.4, -0.2) is 23.3 Å². The van der Waals surface area contributed by atoms with Gasteiger partial charge in [-0.05, 0) is 13.3 Å². The molecule has 1 atom stereocenters. The Balaban J connectivity index is 2.72. The minimum Gasteiger partial charge on any atom is -0.507 e. The van der Waals surface area contributed by atoms with E-state index in [1.807, 2.05) is 0 Å². The summed E-state index contributed by atoms with van der Waals surface area (Å²) in [6.07, 6.45) is 0.0492. The van der Waals surface area contributed by atoms with Crippen LogP contribution < -0.4 is 10.2 Å². The fourth-order valence-corrected chi connectivity index (χ4v) is 2.21. The third kappa shape index (κ3) is 2.69. The van der Waals surface area contributed by atoms with Gasteiger partial charge in [0.25, 0.3) is 0 Å². The molecule has 6 nitrogen and oxygen atoms in total. The van der Waals surface area contributed by atoms with Gasteiger partial charge in [-0.15, -0.1) is 0 Å². The van der Waals surface area contributed by atoms with Crippen LogP contribution in [0, 0.1) is 12.8 Å². The number of fused-ring (bicyclic) bond motifs is 1. The highest BCUT2D eigenvalue weighted by atomic mass is 16.5. The number of rotatable bonds is 4. The molecule has 1 aromatic carbocycles. The van der Waals surface area contributed by atoms with Gasteiger partial charge < -0.3 is 19.4 Å². The second-order valence-electron chi connectivity index (χ2n) is 4.94. The molecular weight excluding hydrogens is 276 g/mol. The molecule has 0 amide bonds. The number of aliphatic carboxylic acids is 1. The molecule has 0 radical (unpaired) electrons. The Morgan fingerprint density at radius 3 is 2.67 bits per heavy atom. The van der Waals surface area contributed by atoms with Crippen LogP contribution in [0.1, 0.15) is 18.2 Å². The van der Waals surface area contributed by atoms with Crippen molar-refractivity contribution in [2.24, 2.45) is 5.92 Å². The molecule has 6 heteroatoms. The van der Waals surface area contributed by atoms with Gasteiger partial charge in [0.05, 0.1) is 13.0 Å². The summed E-state index contributed by atoms with van der Waals surface area (Å²) in [5.74, 6) is -1.29. The lowest BCUT2D eigenvalue weighted by Crippen LogP contribution is -2.13. The maximum Gasteiger partial charge on any atom is 0.306 e.